The highest BCUT2D eigenvalue weighted by Gasteiger charge is 2.10. The Kier molecular flexibility index (Phi) is 4.45. The third-order valence-electron chi connectivity index (χ3n) is 2.35. The summed E-state index contributed by atoms with van der Waals surface area (Å²) in [6.07, 6.45) is 1.59. The quantitative estimate of drug-likeness (QED) is 0.830. The zero-order chi connectivity index (χ0) is 13.0. The van der Waals surface area contributed by atoms with E-state index in [0.29, 0.717) is 5.56 Å². The molecule has 1 amide bonds. The molecule has 2 N–H and O–H groups in total. The van der Waals surface area contributed by atoms with E-state index in [9.17, 15) is 4.79 Å². The van der Waals surface area contributed by atoms with Crippen molar-refractivity contribution in [2.45, 2.75) is 13.0 Å². The van der Waals surface area contributed by atoms with E-state index in [2.05, 4.69) is 4.98 Å². The smallest absolute Gasteiger partial charge is 0.254 e. The van der Waals surface area contributed by atoms with Gasteiger partial charge in [0.15, 0.2) is 0 Å². The van der Waals surface area contributed by atoms with E-state index in [1.165, 1.54) is 4.90 Å². The van der Waals surface area contributed by atoms with Gasteiger partial charge in [0.1, 0.15) is 5.82 Å². The lowest BCUT2D eigenvalue weighted by molar-refractivity contribution is 0.0827. The first kappa shape index (κ1) is 13.4. The molecule has 0 spiro atoms. The maximum absolute atomic E-state index is 11.7. The van der Waals surface area contributed by atoms with Gasteiger partial charge in [-0.05, 0) is 19.1 Å². The fourth-order valence-electron chi connectivity index (χ4n) is 1.52. The van der Waals surface area contributed by atoms with Crippen LogP contribution in [0, 0.1) is 0 Å². The van der Waals surface area contributed by atoms with Gasteiger partial charge in [-0.15, -0.1) is 0 Å². The van der Waals surface area contributed by atoms with Crippen LogP contribution in [0.25, 0.3) is 0 Å². The van der Waals surface area contributed by atoms with Crippen molar-refractivity contribution in [2.24, 2.45) is 5.73 Å². The van der Waals surface area contributed by atoms with Gasteiger partial charge in [-0.25, -0.2) is 4.98 Å². The van der Waals surface area contributed by atoms with Crippen molar-refractivity contribution in [1.29, 1.82) is 0 Å². The molecule has 17 heavy (non-hydrogen) atoms. The second-order valence-electron chi connectivity index (χ2n) is 4.46. The summed E-state index contributed by atoms with van der Waals surface area (Å²) in [6.45, 7) is 2.68. The van der Waals surface area contributed by atoms with Gasteiger partial charge >= 0.3 is 0 Å². The van der Waals surface area contributed by atoms with Crippen molar-refractivity contribution in [3.8, 4) is 0 Å². The third kappa shape index (κ3) is 3.71. The largest absolute Gasteiger partial charge is 0.358 e. The number of carbonyl (C=O) groups is 1. The first-order valence-corrected chi connectivity index (χ1v) is 5.56. The molecule has 0 aromatic carbocycles. The Morgan fingerprint density at radius 3 is 2.47 bits per heavy atom. The summed E-state index contributed by atoms with van der Waals surface area (Å²) in [5.74, 6) is 0.775. The number of amides is 1. The molecule has 0 fully saturated rings. The lowest BCUT2D eigenvalue weighted by atomic mass is 10.2. The molecule has 0 radical (unpaired) electrons. The van der Waals surface area contributed by atoms with Crippen LogP contribution in [0.15, 0.2) is 18.3 Å². The second-order valence-corrected chi connectivity index (χ2v) is 4.46. The van der Waals surface area contributed by atoms with Crippen LogP contribution < -0.4 is 10.6 Å². The van der Waals surface area contributed by atoms with Gasteiger partial charge in [0.05, 0.1) is 5.56 Å². The first-order chi connectivity index (χ1) is 7.91. The number of hydrogen-bond donors (Lipinski definition) is 1. The number of rotatable bonds is 4. The Morgan fingerprint density at radius 2 is 2.06 bits per heavy atom. The normalized spacial score (nSPS) is 12.1. The number of pyridine rings is 1. The van der Waals surface area contributed by atoms with Crippen molar-refractivity contribution >= 4 is 11.7 Å². The Labute approximate surface area is 102 Å². The Balaban J connectivity index is 2.77. The van der Waals surface area contributed by atoms with Gasteiger partial charge in [-0.3, -0.25) is 4.79 Å². The fraction of sp³-hybridized carbons (Fsp3) is 0.500. The number of nitrogens with two attached hydrogens (primary N) is 1. The second kappa shape index (κ2) is 5.63. The van der Waals surface area contributed by atoms with Crippen molar-refractivity contribution in [3.63, 3.8) is 0 Å². The number of anilines is 1. The summed E-state index contributed by atoms with van der Waals surface area (Å²) in [7, 11) is 5.37. The van der Waals surface area contributed by atoms with Crippen molar-refractivity contribution in [2.75, 3.05) is 32.6 Å². The average Bonchev–Trinajstić information content (AvgIpc) is 2.27. The highest BCUT2D eigenvalue weighted by Crippen LogP contribution is 2.10. The molecular weight excluding hydrogens is 216 g/mol. The van der Waals surface area contributed by atoms with Gasteiger partial charge in [-0.1, -0.05) is 0 Å². The van der Waals surface area contributed by atoms with Gasteiger partial charge in [0.25, 0.3) is 5.91 Å². The molecule has 0 aliphatic rings. The molecule has 0 aliphatic carbocycles. The molecule has 1 aromatic heterocycles. The predicted molar refractivity (Wildman–Crippen MR) is 69.2 cm³/mol. The van der Waals surface area contributed by atoms with E-state index in [1.807, 2.05) is 24.9 Å². The van der Waals surface area contributed by atoms with E-state index < -0.39 is 0 Å². The molecule has 1 atom stereocenters. The predicted octanol–water partition coefficient (Wildman–Crippen LogP) is 0.567. The minimum absolute atomic E-state index is 0.0427. The Morgan fingerprint density at radius 1 is 1.41 bits per heavy atom. The maximum Gasteiger partial charge on any atom is 0.254 e. The molecule has 0 aliphatic heterocycles. The first-order valence-electron chi connectivity index (χ1n) is 5.56. The third-order valence-corrected chi connectivity index (χ3v) is 2.35. The highest BCUT2D eigenvalue weighted by molar-refractivity contribution is 5.93. The fourth-order valence-corrected chi connectivity index (χ4v) is 1.52. The molecule has 0 saturated carbocycles. The summed E-state index contributed by atoms with van der Waals surface area (Å²) in [5.41, 5.74) is 6.31. The number of nitrogens with zero attached hydrogens (tertiary/aromatic N) is 3. The molecule has 1 rings (SSSR count). The van der Waals surface area contributed by atoms with Crippen LogP contribution in [-0.2, 0) is 0 Å². The maximum atomic E-state index is 11.7. The molecule has 1 unspecified atom stereocenters. The molecule has 0 bridgehead atoms. The van der Waals surface area contributed by atoms with Crippen LogP contribution in [0.2, 0.25) is 0 Å². The number of likely N-dealkylation sites (N-methyl/N-ethyl adjacent to an activating group) is 1. The summed E-state index contributed by atoms with van der Waals surface area (Å²) < 4.78 is 0. The molecule has 94 valence electrons. The molecule has 0 saturated heterocycles. The van der Waals surface area contributed by atoms with Crippen LogP contribution in [0.5, 0.6) is 0 Å². The number of carbonyl (C=O) groups excluding carboxylic acids is 1. The van der Waals surface area contributed by atoms with Gasteiger partial charge < -0.3 is 15.5 Å². The number of hydrogen-bond acceptors (Lipinski definition) is 4. The Bertz CT molecular complexity index is 373. The molecule has 1 heterocycles. The van der Waals surface area contributed by atoms with Crippen LogP contribution in [0.4, 0.5) is 5.82 Å². The zero-order valence-electron chi connectivity index (χ0n) is 10.8. The summed E-state index contributed by atoms with van der Waals surface area (Å²) in [5, 5.41) is 0. The van der Waals surface area contributed by atoms with Crippen molar-refractivity contribution in [3.05, 3.63) is 23.9 Å². The minimum Gasteiger partial charge on any atom is -0.358 e. The van der Waals surface area contributed by atoms with E-state index >= 15 is 0 Å². The highest BCUT2D eigenvalue weighted by atomic mass is 16.2. The van der Waals surface area contributed by atoms with Crippen molar-refractivity contribution in [1.82, 2.24) is 9.88 Å². The molecular formula is C12H20N4O. The minimum atomic E-state index is -0.0427. The van der Waals surface area contributed by atoms with Crippen LogP contribution in [0.1, 0.15) is 17.3 Å². The van der Waals surface area contributed by atoms with Crippen LogP contribution >= 0.6 is 0 Å². The number of aromatic nitrogens is 1. The van der Waals surface area contributed by atoms with Crippen LogP contribution in [-0.4, -0.2) is 49.5 Å². The average molecular weight is 236 g/mol. The lowest BCUT2D eigenvalue weighted by Gasteiger charge is -2.20. The van der Waals surface area contributed by atoms with E-state index in [-0.39, 0.29) is 11.9 Å². The van der Waals surface area contributed by atoms with E-state index in [0.717, 1.165) is 12.4 Å². The van der Waals surface area contributed by atoms with Crippen molar-refractivity contribution < 1.29 is 4.79 Å². The Hall–Kier alpha value is -1.62. The van der Waals surface area contributed by atoms with Gasteiger partial charge in [-0.2, -0.15) is 0 Å². The molecule has 5 nitrogen and oxygen atoms in total. The lowest BCUT2D eigenvalue weighted by Crippen LogP contribution is -2.33. The van der Waals surface area contributed by atoms with Gasteiger partial charge in [0, 0.05) is 39.9 Å². The summed E-state index contributed by atoms with van der Waals surface area (Å²) in [6, 6.07) is 3.70. The summed E-state index contributed by atoms with van der Waals surface area (Å²) >= 11 is 0. The standard InChI is InChI=1S/C12H20N4O/c1-9(13)8-16(4)11-6-5-10(7-14-11)12(17)15(2)3/h5-7,9H,8,13H2,1-4H3. The molecule has 1 aromatic rings. The SMILES string of the molecule is CC(N)CN(C)c1ccc(C(=O)N(C)C)cn1. The van der Waals surface area contributed by atoms with Gasteiger partial charge in [0.2, 0.25) is 0 Å². The van der Waals surface area contributed by atoms with Crippen LogP contribution in [0.3, 0.4) is 0 Å². The zero-order valence-corrected chi connectivity index (χ0v) is 10.8. The summed E-state index contributed by atoms with van der Waals surface area (Å²) in [4.78, 5) is 19.4. The molecule has 5 heteroatoms. The van der Waals surface area contributed by atoms with E-state index in [4.69, 9.17) is 5.73 Å². The monoisotopic (exact) mass is 236 g/mol. The van der Waals surface area contributed by atoms with E-state index in [1.54, 1.807) is 26.4 Å². The topological polar surface area (TPSA) is 62.5 Å².